The van der Waals surface area contributed by atoms with Crippen LogP contribution in [0.4, 0.5) is 4.39 Å². The van der Waals surface area contributed by atoms with Gasteiger partial charge in [0.25, 0.3) is 5.91 Å². The number of halogens is 2. The number of methoxy groups -OCH3 is 1. The van der Waals surface area contributed by atoms with Gasteiger partial charge in [-0.3, -0.25) is 4.79 Å². The minimum atomic E-state index is -0.566. The van der Waals surface area contributed by atoms with Crippen molar-refractivity contribution in [1.29, 1.82) is 0 Å². The summed E-state index contributed by atoms with van der Waals surface area (Å²) >= 11 is 3.35. The minimum absolute atomic E-state index is 0.0163. The SMILES string of the molecule is COc1cccc(F)c1C(=O)N1CC(C)OC(CBr)C1. The lowest BCUT2D eigenvalue weighted by atomic mass is 10.1. The average Bonchev–Trinajstić information content (AvgIpc) is 2.45. The third-order valence-corrected chi connectivity index (χ3v) is 3.92. The second-order valence-electron chi connectivity index (χ2n) is 4.75. The maximum atomic E-state index is 14.0. The summed E-state index contributed by atoms with van der Waals surface area (Å²) < 4.78 is 24.7. The molecule has 0 N–H and O–H groups in total. The maximum absolute atomic E-state index is 14.0. The van der Waals surface area contributed by atoms with Gasteiger partial charge < -0.3 is 14.4 Å². The standard InChI is InChI=1S/C14H17BrFNO3/c1-9-7-17(8-10(6-15)20-9)14(18)13-11(16)4-3-5-12(13)19-2/h3-5,9-10H,6-8H2,1-2H3. The van der Waals surface area contributed by atoms with Crippen LogP contribution in [0, 0.1) is 5.82 Å². The van der Waals surface area contributed by atoms with Crippen molar-refractivity contribution in [3.05, 3.63) is 29.6 Å². The summed E-state index contributed by atoms with van der Waals surface area (Å²) in [5, 5.41) is 0.634. The number of hydrogen-bond donors (Lipinski definition) is 0. The molecule has 20 heavy (non-hydrogen) atoms. The molecule has 0 spiro atoms. The first-order valence-corrected chi connectivity index (χ1v) is 7.52. The summed E-state index contributed by atoms with van der Waals surface area (Å²) in [6.07, 6.45) is -0.159. The van der Waals surface area contributed by atoms with E-state index in [1.165, 1.54) is 19.2 Å². The van der Waals surface area contributed by atoms with Crippen LogP contribution in [0.1, 0.15) is 17.3 Å². The first-order chi connectivity index (χ1) is 9.56. The zero-order valence-corrected chi connectivity index (χ0v) is 13.0. The highest BCUT2D eigenvalue weighted by Crippen LogP contribution is 2.24. The molecule has 2 unspecified atom stereocenters. The number of morpholine rings is 1. The minimum Gasteiger partial charge on any atom is -0.496 e. The van der Waals surface area contributed by atoms with E-state index in [-0.39, 0.29) is 29.4 Å². The molecule has 1 aromatic rings. The predicted molar refractivity (Wildman–Crippen MR) is 77.0 cm³/mol. The monoisotopic (exact) mass is 345 g/mol. The summed E-state index contributed by atoms with van der Waals surface area (Å²) in [5.74, 6) is -0.672. The summed E-state index contributed by atoms with van der Waals surface area (Å²) in [7, 11) is 1.43. The predicted octanol–water partition coefficient (Wildman–Crippen LogP) is 2.46. The molecule has 6 heteroatoms. The summed E-state index contributed by atoms with van der Waals surface area (Å²) in [6, 6.07) is 4.37. The summed E-state index contributed by atoms with van der Waals surface area (Å²) in [6.45, 7) is 2.78. The number of alkyl halides is 1. The van der Waals surface area contributed by atoms with E-state index in [1.54, 1.807) is 11.0 Å². The van der Waals surface area contributed by atoms with Crippen molar-refractivity contribution >= 4 is 21.8 Å². The number of rotatable bonds is 3. The Kier molecular flexibility index (Phi) is 4.99. The molecule has 1 aliphatic rings. The molecule has 1 fully saturated rings. The molecule has 1 saturated heterocycles. The van der Waals surface area contributed by atoms with Crippen LogP contribution in [0.15, 0.2) is 18.2 Å². The van der Waals surface area contributed by atoms with Crippen LogP contribution in [-0.2, 0) is 4.74 Å². The van der Waals surface area contributed by atoms with Crippen molar-refractivity contribution in [1.82, 2.24) is 4.90 Å². The van der Waals surface area contributed by atoms with Gasteiger partial charge in [0.15, 0.2) is 0 Å². The maximum Gasteiger partial charge on any atom is 0.260 e. The lowest BCUT2D eigenvalue weighted by Gasteiger charge is -2.36. The molecule has 4 nitrogen and oxygen atoms in total. The quantitative estimate of drug-likeness (QED) is 0.790. The Labute approximate surface area is 126 Å². The molecule has 1 heterocycles. The first kappa shape index (κ1) is 15.3. The van der Waals surface area contributed by atoms with Crippen LogP contribution in [-0.4, -0.2) is 48.5 Å². The van der Waals surface area contributed by atoms with E-state index in [1.807, 2.05) is 6.92 Å². The van der Waals surface area contributed by atoms with Crippen molar-refractivity contribution in [2.45, 2.75) is 19.1 Å². The topological polar surface area (TPSA) is 38.8 Å². The molecule has 0 saturated carbocycles. The fraction of sp³-hybridized carbons (Fsp3) is 0.500. The van der Waals surface area contributed by atoms with Crippen molar-refractivity contribution in [3.63, 3.8) is 0 Å². The van der Waals surface area contributed by atoms with E-state index in [2.05, 4.69) is 15.9 Å². The number of carbonyl (C=O) groups is 1. The zero-order chi connectivity index (χ0) is 14.7. The zero-order valence-electron chi connectivity index (χ0n) is 11.4. The van der Waals surface area contributed by atoms with Gasteiger partial charge in [0.2, 0.25) is 0 Å². The van der Waals surface area contributed by atoms with Crippen molar-refractivity contribution < 1.29 is 18.7 Å². The van der Waals surface area contributed by atoms with Crippen LogP contribution in [0.25, 0.3) is 0 Å². The average molecular weight is 346 g/mol. The Morgan fingerprint density at radius 1 is 1.55 bits per heavy atom. The molecule has 0 aliphatic carbocycles. The van der Waals surface area contributed by atoms with Gasteiger partial charge in [-0.2, -0.15) is 0 Å². The molecule has 2 rings (SSSR count). The van der Waals surface area contributed by atoms with Gasteiger partial charge in [0, 0.05) is 18.4 Å². The molecule has 1 aromatic carbocycles. The van der Waals surface area contributed by atoms with E-state index in [4.69, 9.17) is 9.47 Å². The largest absolute Gasteiger partial charge is 0.496 e. The van der Waals surface area contributed by atoms with Crippen molar-refractivity contribution in [3.8, 4) is 5.75 Å². The van der Waals surface area contributed by atoms with Gasteiger partial charge in [-0.05, 0) is 19.1 Å². The summed E-state index contributed by atoms with van der Waals surface area (Å²) in [4.78, 5) is 14.2. The molecular formula is C14H17BrFNO3. The highest BCUT2D eigenvalue weighted by molar-refractivity contribution is 9.09. The van der Waals surface area contributed by atoms with Gasteiger partial charge in [-0.25, -0.2) is 4.39 Å². The Balaban J connectivity index is 2.27. The lowest BCUT2D eigenvalue weighted by molar-refractivity contribution is -0.0561. The number of ether oxygens (including phenoxy) is 2. The number of benzene rings is 1. The van der Waals surface area contributed by atoms with Crippen LogP contribution in [0.2, 0.25) is 0 Å². The molecular weight excluding hydrogens is 329 g/mol. The van der Waals surface area contributed by atoms with E-state index in [9.17, 15) is 9.18 Å². The van der Waals surface area contributed by atoms with E-state index in [0.29, 0.717) is 18.4 Å². The molecule has 2 atom stereocenters. The highest BCUT2D eigenvalue weighted by Gasteiger charge is 2.31. The summed E-state index contributed by atoms with van der Waals surface area (Å²) in [5.41, 5.74) is -0.0163. The van der Waals surface area contributed by atoms with Gasteiger partial charge in [0.05, 0.1) is 19.3 Å². The lowest BCUT2D eigenvalue weighted by Crippen LogP contribution is -2.50. The molecule has 1 amide bonds. The second kappa shape index (κ2) is 6.54. The van der Waals surface area contributed by atoms with E-state index in [0.717, 1.165) is 0 Å². The fourth-order valence-corrected chi connectivity index (χ4v) is 2.69. The number of hydrogen-bond acceptors (Lipinski definition) is 3. The third-order valence-electron chi connectivity index (χ3n) is 3.19. The molecule has 0 radical (unpaired) electrons. The Bertz CT molecular complexity index is 497. The number of amides is 1. The Morgan fingerprint density at radius 2 is 2.30 bits per heavy atom. The van der Waals surface area contributed by atoms with Crippen molar-refractivity contribution in [2.75, 3.05) is 25.5 Å². The van der Waals surface area contributed by atoms with Crippen LogP contribution in [0.5, 0.6) is 5.75 Å². The highest BCUT2D eigenvalue weighted by atomic mass is 79.9. The van der Waals surface area contributed by atoms with Crippen molar-refractivity contribution in [2.24, 2.45) is 0 Å². The normalized spacial score (nSPS) is 22.7. The Morgan fingerprint density at radius 3 is 2.95 bits per heavy atom. The third kappa shape index (κ3) is 3.12. The molecule has 110 valence electrons. The smallest absolute Gasteiger partial charge is 0.260 e. The fourth-order valence-electron chi connectivity index (χ4n) is 2.34. The Hall–Kier alpha value is -1.14. The first-order valence-electron chi connectivity index (χ1n) is 6.40. The molecule has 0 bridgehead atoms. The van der Waals surface area contributed by atoms with Gasteiger partial charge >= 0.3 is 0 Å². The van der Waals surface area contributed by atoms with Gasteiger partial charge in [-0.15, -0.1) is 0 Å². The number of nitrogens with zero attached hydrogens (tertiary/aromatic N) is 1. The van der Waals surface area contributed by atoms with Crippen LogP contribution in [0.3, 0.4) is 0 Å². The van der Waals surface area contributed by atoms with Gasteiger partial charge in [-0.1, -0.05) is 22.0 Å². The molecule has 1 aliphatic heterocycles. The van der Waals surface area contributed by atoms with Crippen LogP contribution < -0.4 is 4.74 Å². The second-order valence-corrected chi connectivity index (χ2v) is 5.40. The molecule has 0 aromatic heterocycles. The van der Waals surface area contributed by atoms with E-state index >= 15 is 0 Å². The number of carbonyl (C=O) groups excluding carboxylic acids is 1. The van der Waals surface area contributed by atoms with Crippen LogP contribution >= 0.6 is 15.9 Å². The van der Waals surface area contributed by atoms with Gasteiger partial charge in [0.1, 0.15) is 17.1 Å². The van der Waals surface area contributed by atoms with E-state index < -0.39 is 5.82 Å².